The van der Waals surface area contributed by atoms with Crippen molar-refractivity contribution < 1.29 is 9.21 Å². The number of hydrogen-bond donors (Lipinski definition) is 0. The van der Waals surface area contributed by atoms with Crippen LogP contribution in [0.25, 0.3) is 0 Å². The van der Waals surface area contributed by atoms with E-state index in [0.29, 0.717) is 40.5 Å². The average Bonchev–Trinajstić information content (AvgIpc) is 3.32. The highest BCUT2D eigenvalue weighted by atomic mass is 35.5. The summed E-state index contributed by atoms with van der Waals surface area (Å²) in [7, 11) is 0. The van der Waals surface area contributed by atoms with Crippen LogP contribution in [-0.4, -0.2) is 34.1 Å². The third-order valence-corrected chi connectivity index (χ3v) is 5.22. The maximum atomic E-state index is 12.6. The standard InChI is InChI=1S/C17H17Cl2N3O2/c18-12-3-4-13(14(19)9-12)17(23)22-7-5-11(6-8-22)16-21-20-15(24-16)10-1-2-10/h3-4,9-11H,1-2,5-8H2. The molecule has 0 N–H and O–H groups in total. The second-order valence-corrected chi connectivity index (χ2v) is 7.29. The summed E-state index contributed by atoms with van der Waals surface area (Å²) in [6, 6.07) is 4.96. The molecule has 0 bridgehead atoms. The molecule has 2 aromatic rings. The molecule has 2 heterocycles. The van der Waals surface area contributed by atoms with Gasteiger partial charge in [-0.25, -0.2) is 0 Å². The minimum atomic E-state index is -0.0562. The van der Waals surface area contributed by atoms with Gasteiger partial charge in [0.05, 0.1) is 10.6 Å². The van der Waals surface area contributed by atoms with E-state index in [9.17, 15) is 4.79 Å². The summed E-state index contributed by atoms with van der Waals surface area (Å²) in [5.41, 5.74) is 0.494. The van der Waals surface area contributed by atoms with Crippen molar-refractivity contribution in [1.82, 2.24) is 15.1 Å². The Morgan fingerprint density at radius 3 is 2.25 bits per heavy atom. The number of amides is 1. The topological polar surface area (TPSA) is 59.2 Å². The monoisotopic (exact) mass is 365 g/mol. The fourth-order valence-corrected chi connectivity index (χ4v) is 3.56. The highest BCUT2D eigenvalue weighted by molar-refractivity contribution is 6.36. The molecular weight excluding hydrogens is 349 g/mol. The molecule has 0 spiro atoms. The van der Waals surface area contributed by atoms with Crippen molar-refractivity contribution in [3.8, 4) is 0 Å². The number of benzene rings is 1. The summed E-state index contributed by atoms with van der Waals surface area (Å²) in [5, 5.41) is 9.26. The van der Waals surface area contributed by atoms with Crippen molar-refractivity contribution >= 4 is 29.1 Å². The van der Waals surface area contributed by atoms with E-state index in [1.807, 2.05) is 4.90 Å². The molecule has 1 amide bonds. The van der Waals surface area contributed by atoms with Crippen LogP contribution in [0.15, 0.2) is 22.6 Å². The summed E-state index contributed by atoms with van der Waals surface area (Å²) in [6.07, 6.45) is 3.94. The number of hydrogen-bond acceptors (Lipinski definition) is 4. The Labute approximate surface area is 149 Å². The number of piperidine rings is 1. The smallest absolute Gasteiger partial charge is 0.255 e. The van der Waals surface area contributed by atoms with Gasteiger partial charge < -0.3 is 9.32 Å². The Bertz CT molecular complexity index is 765. The van der Waals surface area contributed by atoms with Crippen LogP contribution in [0.3, 0.4) is 0 Å². The zero-order valence-electron chi connectivity index (χ0n) is 13.0. The molecule has 4 rings (SSSR count). The number of rotatable bonds is 3. The lowest BCUT2D eigenvalue weighted by atomic mass is 9.96. The van der Waals surface area contributed by atoms with Crippen LogP contribution >= 0.6 is 23.2 Å². The van der Waals surface area contributed by atoms with Crippen LogP contribution in [0.1, 0.15) is 59.7 Å². The third-order valence-electron chi connectivity index (χ3n) is 4.68. The number of nitrogens with zero attached hydrogens (tertiary/aromatic N) is 3. The molecule has 126 valence electrons. The van der Waals surface area contributed by atoms with Crippen molar-refractivity contribution in [2.75, 3.05) is 13.1 Å². The first kappa shape index (κ1) is 15.9. The van der Waals surface area contributed by atoms with E-state index in [2.05, 4.69) is 10.2 Å². The second-order valence-electron chi connectivity index (χ2n) is 6.44. The van der Waals surface area contributed by atoms with Gasteiger partial charge in [0.1, 0.15) is 0 Å². The highest BCUT2D eigenvalue weighted by Gasteiger charge is 2.32. The molecule has 24 heavy (non-hydrogen) atoms. The maximum absolute atomic E-state index is 12.6. The fourth-order valence-electron chi connectivity index (χ4n) is 3.07. The summed E-state index contributed by atoms with van der Waals surface area (Å²) >= 11 is 12.0. The Kier molecular flexibility index (Phi) is 4.22. The molecule has 0 unspecified atom stereocenters. The van der Waals surface area contributed by atoms with Gasteiger partial charge in [-0.2, -0.15) is 0 Å². The van der Waals surface area contributed by atoms with Gasteiger partial charge >= 0.3 is 0 Å². The molecule has 1 aromatic heterocycles. The molecule has 1 aliphatic carbocycles. The van der Waals surface area contributed by atoms with Gasteiger partial charge in [-0.15, -0.1) is 10.2 Å². The van der Waals surface area contributed by atoms with E-state index < -0.39 is 0 Å². The fraction of sp³-hybridized carbons (Fsp3) is 0.471. The van der Waals surface area contributed by atoms with Gasteiger partial charge in [0.2, 0.25) is 11.8 Å². The molecule has 2 aliphatic rings. The van der Waals surface area contributed by atoms with Crippen molar-refractivity contribution in [2.45, 2.75) is 37.5 Å². The largest absolute Gasteiger partial charge is 0.425 e. The summed E-state index contributed by atoms with van der Waals surface area (Å²) in [6.45, 7) is 1.31. The van der Waals surface area contributed by atoms with Gasteiger partial charge in [-0.05, 0) is 43.9 Å². The quantitative estimate of drug-likeness (QED) is 0.814. The first-order valence-corrected chi connectivity index (χ1v) is 8.95. The molecule has 1 aliphatic heterocycles. The molecule has 0 atom stereocenters. The van der Waals surface area contributed by atoms with Crippen molar-refractivity contribution in [3.05, 3.63) is 45.6 Å². The van der Waals surface area contributed by atoms with Crippen LogP contribution in [0.2, 0.25) is 10.0 Å². The normalized spacial score (nSPS) is 18.8. The van der Waals surface area contributed by atoms with Gasteiger partial charge in [-0.1, -0.05) is 23.2 Å². The van der Waals surface area contributed by atoms with Crippen molar-refractivity contribution in [2.24, 2.45) is 0 Å². The Morgan fingerprint density at radius 2 is 1.67 bits per heavy atom. The van der Waals surface area contributed by atoms with Crippen LogP contribution in [0, 0.1) is 0 Å². The SMILES string of the molecule is O=C(c1ccc(Cl)cc1Cl)N1CCC(c2nnc(C3CC3)o2)CC1. The van der Waals surface area contributed by atoms with Crippen LogP contribution in [0.5, 0.6) is 0 Å². The number of carbonyl (C=O) groups excluding carboxylic acids is 1. The summed E-state index contributed by atoms with van der Waals surface area (Å²) in [4.78, 5) is 14.4. The molecule has 1 saturated carbocycles. The van der Waals surface area contributed by atoms with E-state index in [1.54, 1.807) is 18.2 Å². The molecule has 0 radical (unpaired) electrons. The zero-order chi connectivity index (χ0) is 16.7. The molecule has 1 aromatic carbocycles. The third kappa shape index (κ3) is 3.15. The minimum absolute atomic E-state index is 0.0562. The van der Waals surface area contributed by atoms with E-state index >= 15 is 0 Å². The number of carbonyl (C=O) groups is 1. The van der Waals surface area contributed by atoms with Gasteiger partial charge in [0.25, 0.3) is 5.91 Å². The number of halogens is 2. The van der Waals surface area contributed by atoms with Crippen LogP contribution in [-0.2, 0) is 0 Å². The van der Waals surface area contributed by atoms with Gasteiger partial charge in [0, 0.05) is 29.9 Å². The van der Waals surface area contributed by atoms with Gasteiger partial charge in [0.15, 0.2) is 0 Å². The maximum Gasteiger partial charge on any atom is 0.255 e. The summed E-state index contributed by atoms with van der Waals surface area (Å²) in [5.74, 6) is 2.14. The first-order chi connectivity index (χ1) is 11.6. The molecule has 2 fully saturated rings. The zero-order valence-corrected chi connectivity index (χ0v) is 14.6. The van der Waals surface area contributed by atoms with E-state index in [-0.39, 0.29) is 11.8 Å². The molecular formula is C17H17Cl2N3O2. The first-order valence-electron chi connectivity index (χ1n) is 8.19. The van der Waals surface area contributed by atoms with Crippen LogP contribution < -0.4 is 0 Å². The highest BCUT2D eigenvalue weighted by Crippen LogP contribution is 2.40. The van der Waals surface area contributed by atoms with Gasteiger partial charge in [-0.3, -0.25) is 4.79 Å². The molecule has 1 saturated heterocycles. The van der Waals surface area contributed by atoms with E-state index in [0.717, 1.165) is 31.6 Å². The van der Waals surface area contributed by atoms with Crippen molar-refractivity contribution in [3.63, 3.8) is 0 Å². The Balaban J connectivity index is 1.40. The number of likely N-dealkylation sites (tertiary alicyclic amines) is 1. The predicted octanol–water partition coefficient (Wildman–Crippen LogP) is 4.27. The Morgan fingerprint density at radius 1 is 1.04 bits per heavy atom. The lowest BCUT2D eigenvalue weighted by Gasteiger charge is -2.30. The summed E-state index contributed by atoms with van der Waals surface area (Å²) < 4.78 is 5.80. The minimum Gasteiger partial charge on any atom is -0.425 e. The van der Waals surface area contributed by atoms with Crippen LogP contribution in [0.4, 0.5) is 0 Å². The van der Waals surface area contributed by atoms with E-state index in [4.69, 9.17) is 27.6 Å². The second kappa shape index (κ2) is 6.37. The molecule has 7 heteroatoms. The lowest BCUT2D eigenvalue weighted by molar-refractivity contribution is 0.0706. The predicted molar refractivity (Wildman–Crippen MR) is 90.6 cm³/mol. The lowest BCUT2D eigenvalue weighted by Crippen LogP contribution is -2.38. The number of aromatic nitrogens is 2. The van der Waals surface area contributed by atoms with Crippen molar-refractivity contribution in [1.29, 1.82) is 0 Å². The molecule has 5 nitrogen and oxygen atoms in total. The average molecular weight is 366 g/mol. The van der Waals surface area contributed by atoms with E-state index in [1.165, 1.54) is 0 Å². The Hall–Kier alpha value is -1.59.